The van der Waals surface area contributed by atoms with Gasteiger partial charge < -0.3 is 14.5 Å². The highest BCUT2D eigenvalue weighted by atomic mass is 32.2. The number of hydrogen-bond donors (Lipinski definition) is 0. The Bertz CT molecular complexity index is 671. The normalized spacial score (nSPS) is 14.9. The van der Waals surface area contributed by atoms with E-state index in [1.165, 1.54) is 5.69 Å². The third-order valence-electron chi connectivity index (χ3n) is 4.03. The fourth-order valence-electron chi connectivity index (χ4n) is 2.85. The van der Waals surface area contributed by atoms with Gasteiger partial charge in [-0.05, 0) is 25.3 Å². The molecule has 2 aromatic rings. The van der Waals surface area contributed by atoms with Crippen molar-refractivity contribution in [2.45, 2.75) is 12.1 Å². The lowest BCUT2D eigenvalue weighted by Gasteiger charge is -2.37. The zero-order chi connectivity index (χ0) is 16.2. The van der Waals surface area contributed by atoms with Crippen molar-refractivity contribution in [2.75, 3.05) is 49.3 Å². The first-order chi connectivity index (χ1) is 11.2. The molecule has 6 heteroatoms. The number of thioether (sulfide) groups is 1. The largest absolute Gasteiger partial charge is 0.495 e. The van der Waals surface area contributed by atoms with Gasteiger partial charge in [0.05, 0.1) is 12.8 Å². The molecule has 1 fully saturated rings. The van der Waals surface area contributed by atoms with Gasteiger partial charge in [0.25, 0.3) is 0 Å². The molecule has 1 aromatic carbocycles. The Kier molecular flexibility index (Phi) is 4.91. The van der Waals surface area contributed by atoms with E-state index < -0.39 is 0 Å². The van der Waals surface area contributed by atoms with Crippen LogP contribution in [0.4, 0.5) is 11.5 Å². The number of aryl methyl sites for hydroxylation is 1. The van der Waals surface area contributed by atoms with Gasteiger partial charge >= 0.3 is 0 Å². The third kappa shape index (κ3) is 3.52. The van der Waals surface area contributed by atoms with Gasteiger partial charge in [0.2, 0.25) is 0 Å². The van der Waals surface area contributed by atoms with Crippen LogP contribution in [0.1, 0.15) is 5.69 Å². The maximum absolute atomic E-state index is 5.48. The fourth-order valence-corrected chi connectivity index (χ4v) is 3.27. The highest BCUT2D eigenvalue weighted by Crippen LogP contribution is 2.29. The van der Waals surface area contributed by atoms with E-state index in [0.29, 0.717) is 0 Å². The Hall–Kier alpha value is -1.95. The first kappa shape index (κ1) is 15.9. The number of nitrogens with zero attached hydrogens (tertiary/aromatic N) is 4. The molecule has 0 aliphatic carbocycles. The Labute approximate surface area is 141 Å². The number of methoxy groups -OCH3 is 1. The van der Waals surface area contributed by atoms with Gasteiger partial charge in [0.1, 0.15) is 11.6 Å². The molecule has 1 saturated heterocycles. The molecule has 1 aromatic heterocycles. The monoisotopic (exact) mass is 330 g/mol. The average molecular weight is 330 g/mol. The number of piperazine rings is 1. The molecule has 0 unspecified atom stereocenters. The fraction of sp³-hybridized carbons (Fsp3) is 0.412. The second-order valence-corrected chi connectivity index (χ2v) is 6.27. The summed E-state index contributed by atoms with van der Waals surface area (Å²) < 4.78 is 5.48. The summed E-state index contributed by atoms with van der Waals surface area (Å²) >= 11 is 1.59. The summed E-state index contributed by atoms with van der Waals surface area (Å²) in [6, 6.07) is 10.3. The molecule has 1 aliphatic rings. The van der Waals surface area contributed by atoms with Crippen molar-refractivity contribution in [3.05, 3.63) is 36.0 Å². The van der Waals surface area contributed by atoms with Gasteiger partial charge in [-0.3, -0.25) is 0 Å². The quantitative estimate of drug-likeness (QED) is 0.634. The van der Waals surface area contributed by atoms with Crippen LogP contribution in [-0.2, 0) is 0 Å². The van der Waals surface area contributed by atoms with Crippen molar-refractivity contribution in [3.8, 4) is 5.75 Å². The molecule has 0 N–H and O–H groups in total. The first-order valence-electron chi connectivity index (χ1n) is 7.74. The van der Waals surface area contributed by atoms with Gasteiger partial charge in [0.15, 0.2) is 5.16 Å². The van der Waals surface area contributed by atoms with Gasteiger partial charge in [-0.2, -0.15) is 0 Å². The zero-order valence-electron chi connectivity index (χ0n) is 13.8. The lowest BCUT2D eigenvalue weighted by molar-refractivity contribution is 0.413. The molecule has 0 spiro atoms. The minimum absolute atomic E-state index is 0.840. The van der Waals surface area contributed by atoms with Crippen LogP contribution in [0.2, 0.25) is 0 Å². The molecular formula is C17H22N4OS. The van der Waals surface area contributed by atoms with Crippen molar-refractivity contribution in [3.63, 3.8) is 0 Å². The molecule has 0 atom stereocenters. The van der Waals surface area contributed by atoms with Crippen LogP contribution in [0.3, 0.4) is 0 Å². The Morgan fingerprint density at radius 1 is 1.04 bits per heavy atom. The second kappa shape index (κ2) is 7.08. The lowest BCUT2D eigenvalue weighted by Crippen LogP contribution is -2.47. The van der Waals surface area contributed by atoms with E-state index >= 15 is 0 Å². The van der Waals surface area contributed by atoms with E-state index in [1.807, 2.05) is 25.3 Å². The van der Waals surface area contributed by atoms with Crippen LogP contribution >= 0.6 is 11.8 Å². The minimum Gasteiger partial charge on any atom is -0.495 e. The number of benzene rings is 1. The van der Waals surface area contributed by atoms with Crippen LogP contribution < -0.4 is 14.5 Å². The van der Waals surface area contributed by atoms with E-state index in [9.17, 15) is 0 Å². The summed E-state index contributed by atoms with van der Waals surface area (Å²) in [4.78, 5) is 13.8. The Morgan fingerprint density at radius 3 is 2.43 bits per heavy atom. The topological polar surface area (TPSA) is 41.5 Å². The van der Waals surface area contributed by atoms with E-state index in [4.69, 9.17) is 4.74 Å². The third-order valence-corrected chi connectivity index (χ3v) is 4.58. The molecule has 23 heavy (non-hydrogen) atoms. The number of rotatable bonds is 4. The lowest BCUT2D eigenvalue weighted by atomic mass is 10.2. The van der Waals surface area contributed by atoms with Crippen LogP contribution in [0, 0.1) is 6.92 Å². The zero-order valence-corrected chi connectivity index (χ0v) is 14.6. The molecule has 0 saturated carbocycles. The number of anilines is 2. The molecule has 2 heterocycles. The highest BCUT2D eigenvalue weighted by Gasteiger charge is 2.21. The maximum Gasteiger partial charge on any atom is 0.189 e. The molecule has 122 valence electrons. The van der Waals surface area contributed by atoms with E-state index in [2.05, 4.69) is 38.0 Å². The Balaban J connectivity index is 1.72. The van der Waals surface area contributed by atoms with Gasteiger partial charge in [0, 0.05) is 37.9 Å². The minimum atomic E-state index is 0.840. The molecule has 0 radical (unpaired) electrons. The molecule has 3 rings (SSSR count). The van der Waals surface area contributed by atoms with Crippen molar-refractivity contribution in [2.24, 2.45) is 0 Å². The molecule has 5 nitrogen and oxygen atoms in total. The number of aromatic nitrogens is 2. The second-order valence-electron chi connectivity index (χ2n) is 5.50. The maximum atomic E-state index is 5.48. The van der Waals surface area contributed by atoms with E-state index in [1.54, 1.807) is 18.9 Å². The highest BCUT2D eigenvalue weighted by molar-refractivity contribution is 7.98. The van der Waals surface area contributed by atoms with Gasteiger partial charge in [-0.25, -0.2) is 9.97 Å². The standard InChI is InChI=1S/C17H22N4OS/c1-13-12-16(19-17(18-13)23-3)21-10-8-20(9-11-21)14-6-4-5-7-15(14)22-2/h4-7,12H,8-11H2,1-3H3. The predicted octanol–water partition coefficient (Wildman–Crippen LogP) is 2.84. The summed E-state index contributed by atoms with van der Waals surface area (Å²) in [7, 11) is 1.72. The smallest absolute Gasteiger partial charge is 0.189 e. The molecule has 1 aliphatic heterocycles. The SMILES string of the molecule is COc1ccccc1N1CCN(c2cc(C)nc(SC)n2)CC1. The molecule has 0 amide bonds. The van der Waals surface area contributed by atoms with Crippen LogP contribution in [0.25, 0.3) is 0 Å². The van der Waals surface area contributed by atoms with E-state index in [-0.39, 0.29) is 0 Å². The number of para-hydroxylation sites is 2. The molecular weight excluding hydrogens is 308 g/mol. The summed E-state index contributed by atoms with van der Waals surface area (Å²) in [5, 5.41) is 0.840. The summed E-state index contributed by atoms with van der Waals surface area (Å²) in [6.07, 6.45) is 2.01. The van der Waals surface area contributed by atoms with Crippen molar-refractivity contribution in [1.29, 1.82) is 0 Å². The number of ether oxygens (including phenoxy) is 1. The summed E-state index contributed by atoms with van der Waals surface area (Å²) in [5.41, 5.74) is 2.19. The first-order valence-corrected chi connectivity index (χ1v) is 8.96. The summed E-state index contributed by atoms with van der Waals surface area (Å²) in [6.45, 7) is 5.83. The average Bonchev–Trinajstić information content (AvgIpc) is 2.61. The van der Waals surface area contributed by atoms with Crippen molar-refractivity contribution >= 4 is 23.3 Å². The Morgan fingerprint density at radius 2 is 1.74 bits per heavy atom. The number of hydrogen-bond acceptors (Lipinski definition) is 6. The van der Waals surface area contributed by atoms with Crippen LogP contribution in [0.5, 0.6) is 5.75 Å². The van der Waals surface area contributed by atoms with Crippen LogP contribution in [0.15, 0.2) is 35.5 Å². The van der Waals surface area contributed by atoms with E-state index in [0.717, 1.165) is 48.6 Å². The van der Waals surface area contributed by atoms with Gasteiger partial charge in [-0.15, -0.1) is 0 Å². The predicted molar refractivity (Wildman–Crippen MR) is 96.0 cm³/mol. The molecule has 0 bridgehead atoms. The summed E-state index contributed by atoms with van der Waals surface area (Å²) in [5.74, 6) is 1.96. The van der Waals surface area contributed by atoms with Crippen molar-refractivity contribution in [1.82, 2.24) is 9.97 Å². The van der Waals surface area contributed by atoms with Crippen LogP contribution in [-0.4, -0.2) is 49.5 Å². The van der Waals surface area contributed by atoms with Crippen molar-refractivity contribution < 1.29 is 4.74 Å². The van der Waals surface area contributed by atoms with Gasteiger partial charge in [-0.1, -0.05) is 23.9 Å².